The molecule has 0 aromatic carbocycles. The average molecular weight is 205 g/mol. The summed E-state index contributed by atoms with van der Waals surface area (Å²) in [7, 11) is 0. The normalized spacial score (nSPS) is 10.7. The van der Waals surface area contributed by atoms with Gasteiger partial charge in [-0.3, -0.25) is 0 Å². The molecular formula is C11H15N3O. The summed E-state index contributed by atoms with van der Waals surface area (Å²) in [4.78, 5) is 3.98. The molecule has 0 aliphatic carbocycles. The third-order valence-electron chi connectivity index (χ3n) is 2.29. The van der Waals surface area contributed by atoms with E-state index in [1.165, 1.54) is 6.42 Å². The number of hydrogen-bond donors (Lipinski definition) is 0. The van der Waals surface area contributed by atoms with Gasteiger partial charge in [0.25, 0.3) is 0 Å². The van der Waals surface area contributed by atoms with Gasteiger partial charge in [0.2, 0.25) is 0 Å². The predicted octanol–water partition coefficient (Wildman–Crippen LogP) is 2.26. The third kappa shape index (κ3) is 2.68. The molecular weight excluding hydrogens is 190 g/mol. The summed E-state index contributed by atoms with van der Waals surface area (Å²) in [6, 6.07) is 2.02. The lowest BCUT2D eigenvalue weighted by Gasteiger charge is -1.94. The zero-order valence-electron chi connectivity index (χ0n) is 8.89. The van der Waals surface area contributed by atoms with E-state index >= 15 is 0 Å². The molecule has 0 fully saturated rings. The van der Waals surface area contributed by atoms with Crippen molar-refractivity contribution in [1.29, 1.82) is 0 Å². The summed E-state index contributed by atoms with van der Waals surface area (Å²) in [6.07, 6.45) is 8.77. The van der Waals surface area contributed by atoms with Crippen molar-refractivity contribution in [1.82, 2.24) is 14.7 Å². The molecule has 2 heterocycles. The molecule has 80 valence electrons. The Kier molecular flexibility index (Phi) is 3.17. The van der Waals surface area contributed by atoms with E-state index in [-0.39, 0.29) is 0 Å². The Hall–Kier alpha value is -1.58. The van der Waals surface area contributed by atoms with E-state index in [4.69, 9.17) is 4.52 Å². The van der Waals surface area contributed by atoms with Crippen molar-refractivity contribution in [3.63, 3.8) is 0 Å². The van der Waals surface area contributed by atoms with Crippen LogP contribution in [0.1, 0.15) is 31.2 Å². The molecule has 0 saturated heterocycles. The van der Waals surface area contributed by atoms with E-state index in [0.717, 1.165) is 30.8 Å². The second kappa shape index (κ2) is 4.77. The summed E-state index contributed by atoms with van der Waals surface area (Å²) >= 11 is 0. The van der Waals surface area contributed by atoms with Gasteiger partial charge in [-0.1, -0.05) is 18.5 Å². The first-order valence-electron chi connectivity index (χ1n) is 5.28. The van der Waals surface area contributed by atoms with Gasteiger partial charge in [-0.15, -0.1) is 0 Å². The third-order valence-corrected chi connectivity index (χ3v) is 2.29. The first kappa shape index (κ1) is 9.96. The Labute approximate surface area is 88.9 Å². The molecule has 15 heavy (non-hydrogen) atoms. The molecule has 4 nitrogen and oxygen atoms in total. The number of nitrogens with zero attached hydrogens (tertiary/aromatic N) is 3. The maximum Gasteiger partial charge on any atom is 0.137 e. The van der Waals surface area contributed by atoms with Crippen LogP contribution in [0.4, 0.5) is 0 Å². The second-order valence-corrected chi connectivity index (χ2v) is 3.62. The monoisotopic (exact) mass is 205 g/mol. The SMILES string of the molecule is CCCCc1cc(Cn2ccnc2)no1. The minimum absolute atomic E-state index is 0.732. The van der Waals surface area contributed by atoms with Gasteiger partial charge in [0.15, 0.2) is 0 Å². The van der Waals surface area contributed by atoms with Crippen LogP contribution in [-0.2, 0) is 13.0 Å². The zero-order valence-corrected chi connectivity index (χ0v) is 8.89. The number of imidazole rings is 1. The highest BCUT2D eigenvalue weighted by atomic mass is 16.5. The smallest absolute Gasteiger partial charge is 0.137 e. The summed E-state index contributed by atoms with van der Waals surface area (Å²) in [5.41, 5.74) is 0.958. The summed E-state index contributed by atoms with van der Waals surface area (Å²) in [5.74, 6) is 0.979. The van der Waals surface area contributed by atoms with E-state index in [9.17, 15) is 0 Å². The van der Waals surface area contributed by atoms with Crippen molar-refractivity contribution in [2.75, 3.05) is 0 Å². The number of aromatic nitrogens is 3. The number of aryl methyl sites for hydroxylation is 1. The first-order chi connectivity index (χ1) is 7.38. The van der Waals surface area contributed by atoms with Crippen molar-refractivity contribution in [3.8, 4) is 0 Å². The Balaban J connectivity index is 1.95. The van der Waals surface area contributed by atoms with Crippen LogP contribution < -0.4 is 0 Å². The number of hydrogen-bond acceptors (Lipinski definition) is 3. The fourth-order valence-electron chi connectivity index (χ4n) is 1.47. The largest absolute Gasteiger partial charge is 0.361 e. The van der Waals surface area contributed by atoms with E-state index in [2.05, 4.69) is 17.1 Å². The Morgan fingerprint density at radius 2 is 2.40 bits per heavy atom. The lowest BCUT2D eigenvalue weighted by atomic mass is 10.2. The van der Waals surface area contributed by atoms with Gasteiger partial charge >= 0.3 is 0 Å². The van der Waals surface area contributed by atoms with E-state index in [1.54, 1.807) is 12.5 Å². The lowest BCUT2D eigenvalue weighted by molar-refractivity contribution is 0.373. The maximum absolute atomic E-state index is 5.23. The fourth-order valence-corrected chi connectivity index (χ4v) is 1.47. The highest BCUT2D eigenvalue weighted by Crippen LogP contribution is 2.08. The predicted molar refractivity (Wildman–Crippen MR) is 56.4 cm³/mol. The van der Waals surface area contributed by atoms with Crippen LogP contribution in [0.25, 0.3) is 0 Å². The van der Waals surface area contributed by atoms with Gasteiger partial charge in [0, 0.05) is 24.9 Å². The molecule has 0 radical (unpaired) electrons. The lowest BCUT2D eigenvalue weighted by Crippen LogP contribution is -1.95. The fraction of sp³-hybridized carbons (Fsp3) is 0.455. The van der Waals surface area contributed by atoms with E-state index < -0.39 is 0 Å². The summed E-state index contributed by atoms with van der Waals surface area (Å²) < 4.78 is 7.21. The van der Waals surface area contributed by atoms with Gasteiger partial charge < -0.3 is 9.09 Å². The second-order valence-electron chi connectivity index (χ2n) is 3.62. The molecule has 0 unspecified atom stereocenters. The summed E-state index contributed by atoms with van der Waals surface area (Å²) in [6.45, 7) is 2.90. The van der Waals surface area contributed by atoms with Gasteiger partial charge in [0.1, 0.15) is 11.5 Å². The van der Waals surface area contributed by atoms with Crippen LogP contribution >= 0.6 is 0 Å². The standard InChI is InChI=1S/C11H15N3O/c1-2-3-4-11-7-10(13-15-11)8-14-6-5-12-9-14/h5-7,9H,2-4,8H2,1H3. The molecule has 2 aromatic heterocycles. The summed E-state index contributed by atoms with van der Waals surface area (Å²) in [5, 5.41) is 4.02. The molecule has 4 heteroatoms. The molecule has 0 aliphatic rings. The molecule has 0 saturated carbocycles. The molecule has 0 aliphatic heterocycles. The maximum atomic E-state index is 5.23. The molecule has 0 bridgehead atoms. The molecule has 2 rings (SSSR count). The van der Waals surface area contributed by atoms with E-state index in [1.807, 2.05) is 16.8 Å². The Morgan fingerprint density at radius 3 is 3.13 bits per heavy atom. The van der Waals surface area contributed by atoms with Crippen molar-refractivity contribution in [3.05, 3.63) is 36.2 Å². The van der Waals surface area contributed by atoms with Gasteiger partial charge in [-0.05, 0) is 6.42 Å². The Morgan fingerprint density at radius 1 is 1.47 bits per heavy atom. The topological polar surface area (TPSA) is 43.9 Å². The Bertz CT molecular complexity index is 392. The van der Waals surface area contributed by atoms with Crippen LogP contribution in [-0.4, -0.2) is 14.7 Å². The van der Waals surface area contributed by atoms with Gasteiger partial charge in [-0.2, -0.15) is 0 Å². The van der Waals surface area contributed by atoms with Crippen molar-refractivity contribution in [2.45, 2.75) is 32.7 Å². The molecule has 0 spiro atoms. The molecule has 0 N–H and O–H groups in total. The highest BCUT2D eigenvalue weighted by molar-refractivity contribution is 5.06. The van der Waals surface area contributed by atoms with Gasteiger partial charge in [-0.25, -0.2) is 4.98 Å². The van der Waals surface area contributed by atoms with Crippen LogP contribution in [0, 0.1) is 0 Å². The first-order valence-corrected chi connectivity index (χ1v) is 5.28. The molecule has 0 atom stereocenters. The molecule has 2 aromatic rings. The van der Waals surface area contributed by atoms with Crippen molar-refractivity contribution in [2.24, 2.45) is 0 Å². The highest BCUT2D eigenvalue weighted by Gasteiger charge is 2.03. The van der Waals surface area contributed by atoms with Crippen LogP contribution in [0.15, 0.2) is 29.3 Å². The van der Waals surface area contributed by atoms with Gasteiger partial charge in [0.05, 0.1) is 12.9 Å². The molecule has 0 amide bonds. The van der Waals surface area contributed by atoms with Crippen LogP contribution in [0.3, 0.4) is 0 Å². The quantitative estimate of drug-likeness (QED) is 0.752. The zero-order chi connectivity index (χ0) is 10.5. The van der Waals surface area contributed by atoms with E-state index in [0.29, 0.717) is 0 Å². The van der Waals surface area contributed by atoms with Crippen molar-refractivity contribution >= 4 is 0 Å². The average Bonchev–Trinajstić information content (AvgIpc) is 2.87. The van der Waals surface area contributed by atoms with Crippen LogP contribution in [0.5, 0.6) is 0 Å². The number of unbranched alkanes of at least 4 members (excludes halogenated alkanes) is 1. The minimum atomic E-state index is 0.732. The minimum Gasteiger partial charge on any atom is -0.361 e. The van der Waals surface area contributed by atoms with Crippen molar-refractivity contribution < 1.29 is 4.52 Å². The van der Waals surface area contributed by atoms with Crippen LogP contribution in [0.2, 0.25) is 0 Å². The number of rotatable bonds is 5.